The summed E-state index contributed by atoms with van der Waals surface area (Å²) in [7, 11) is 0. The van der Waals surface area contributed by atoms with Crippen LogP contribution in [0.4, 0.5) is 10.2 Å². The minimum atomic E-state index is -0.344. The maximum Gasteiger partial charge on any atom is 0.125 e. The number of benzene rings is 2. The van der Waals surface area contributed by atoms with E-state index in [1.54, 1.807) is 18.2 Å². The first kappa shape index (κ1) is 16.6. The van der Waals surface area contributed by atoms with Crippen molar-refractivity contribution in [1.29, 1.82) is 5.26 Å². The summed E-state index contributed by atoms with van der Waals surface area (Å²) in [6.45, 7) is 1.90. The van der Waals surface area contributed by atoms with Gasteiger partial charge in [0.15, 0.2) is 0 Å². The van der Waals surface area contributed by atoms with Crippen molar-refractivity contribution >= 4 is 16.7 Å². The fraction of sp³-hybridized carbons (Fsp3) is 0.0476. The number of hydrogen-bond acceptors (Lipinski definition) is 5. The molecule has 0 fully saturated rings. The zero-order valence-electron chi connectivity index (χ0n) is 14.4. The van der Waals surface area contributed by atoms with E-state index in [2.05, 4.69) is 21.0 Å². The van der Waals surface area contributed by atoms with Crippen molar-refractivity contribution < 1.29 is 4.39 Å². The van der Waals surface area contributed by atoms with Crippen LogP contribution < -0.4 is 5.73 Å². The van der Waals surface area contributed by atoms with E-state index in [-0.39, 0.29) is 11.6 Å². The van der Waals surface area contributed by atoms with Gasteiger partial charge in [0.2, 0.25) is 0 Å². The van der Waals surface area contributed by atoms with Crippen molar-refractivity contribution in [1.82, 2.24) is 15.0 Å². The van der Waals surface area contributed by atoms with Crippen LogP contribution in [0, 0.1) is 24.1 Å². The average molecular weight is 355 g/mol. The first-order chi connectivity index (χ1) is 13.1. The smallest absolute Gasteiger partial charge is 0.125 e. The van der Waals surface area contributed by atoms with Gasteiger partial charge >= 0.3 is 0 Å². The Morgan fingerprint density at radius 3 is 2.48 bits per heavy atom. The Morgan fingerprint density at radius 1 is 1.00 bits per heavy atom. The molecule has 2 aromatic heterocycles. The molecule has 2 heterocycles. The highest BCUT2D eigenvalue weighted by atomic mass is 19.1. The number of nitriles is 1. The second-order valence-corrected chi connectivity index (χ2v) is 6.13. The molecule has 0 bridgehead atoms. The normalized spacial score (nSPS) is 10.7. The molecule has 0 radical (unpaired) electrons. The molecule has 2 aromatic carbocycles. The first-order valence-corrected chi connectivity index (χ1v) is 8.25. The second kappa shape index (κ2) is 6.46. The van der Waals surface area contributed by atoms with E-state index in [0.29, 0.717) is 22.4 Å². The minimum absolute atomic E-state index is 0.231. The summed E-state index contributed by atoms with van der Waals surface area (Å²) in [5.74, 6) is -0.113. The molecule has 130 valence electrons. The summed E-state index contributed by atoms with van der Waals surface area (Å²) in [6.07, 6.45) is 1.52. The van der Waals surface area contributed by atoms with Gasteiger partial charge in [-0.1, -0.05) is 6.07 Å². The molecular formula is C21H14FN5. The van der Waals surface area contributed by atoms with Crippen LogP contribution in [0.15, 0.2) is 54.9 Å². The summed E-state index contributed by atoms with van der Waals surface area (Å²) in [5, 5.41) is 10.6. The number of fused-ring (bicyclic) bond motifs is 1. The molecule has 4 aromatic rings. The highest BCUT2D eigenvalue weighted by molar-refractivity contribution is 5.92. The molecule has 0 unspecified atom stereocenters. The number of nitrogens with two attached hydrogens (primary N) is 1. The van der Waals surface area contributed by atoms with Crippen molar-refractivity contribution in [2.75, 3.05) is 5.73 Å². The van der Waals surface area contributed by atoms with Gasteiger partial charge in [-0.05, 0) is 55.0 Å². The summed E-state index contributed by atoms with van der Waals surface area (Å²) < 4.78 is 13.4. The molecule has 2 N–H and O–H groups in total. The van der Waals surface area contributed by atoms with Gasteiger partial charge in [0.05, 0.1) is 22.8 Å². The summed E-state index contributed by atoms with van der Waals surface area (Å²) in [5.41, 5.74) is 10.6. The highest BCUT2D eigenvalue weighted by Crippen LogP contribution is 2.36. The molecule has 0 aliphatic carbocycles. The third-order valence-corrected chi connectivity index (χ3v) is 4.40. The topological polar surface area (TPSA) is 88.5 Å². The molecule has 5 nitrogen and oxygen atoms in total. The lowest BCUT2D eigenvalue weighted by atomic mass is 9.94. The first-order valence-electron chi connectivity index (χ1n) is 8.25. The fourth-order valence-corrected chi connectivity index (χ4v) is 3.10. The number of rotatable bonds is 2. The molecule has 0 saturated heterocycles. The molecule has 27 heavy (non-hydrogen) atoms. The molecule has 4 rings (SSSR count). The van der Waals surface area contributed by atoms with Crippen LogP contribution in [0.2, 0.25) is 0 Å². The van der Waals surface area contributed by atoms with Crippen molar-refractivity contribution in [2.24, 2.45) is 0 Å². The van der Waals surface area contributed by atoms with Gasteiger partial charge in [-0.2, -0.15) is 5.26 Å². The lowest BCUT2D eigenvalue weighted by Crippen LogP contribution is -1.99. The zero-order valence-corrected chi connectivity index (χ0v) is 14.4. The SMILES string of the molecule is Cc1ncnc2ccc(-c3c(C#N)cc(N)nc3-c3ccc(F)cc3)cc12. The van der Waals surface area contributed by atoms with Crippen LogP contribution in [-0.2, 0) is 0 Å². The largest absolute Gasteiger partial charge is 0.384 e. The van der Waals surface area contributed by atoms with Gasteiger partial charge in [-0.25, -0.2) is 19.3 Å². The second-order valence-electron chi connectivity index (χ2n) is 6.13. The third-order valence-electron chi connectivity index (χ3n) is 4.40. The van der Waals surface area contributed by atoms with Gasteiger partial charge in [-0.3, -0.25) is 0 Å². The Hall–Kier alpha value is -3.85. The van der Waals surface area contributed by atoms with Gasteiger partial charge < -0.3 is 5.73 Å². The minimum Gasteiger partial charge on any atom is -0.384 e. The number of nitrogens with zero attached hydrogens (tertiary/aromatic N) is 4. The lowest BCUT2D eigenvalue weighted by Gasteiger charge is -2.13. The number of hydrogen-bond donors (Lipinski definition) is 1. The van der Waals surface area contributed by atoms with Gasteiger partial charge in [0.25, 0.3) is 0 Å². The lowest BCUT2D eigenvalue weighted by molar-refractivity contribution is 0.628. The standard InChI is InChI=1S/C21H14FN5/c1-12-17-8-14(4-7-18(17)26-11-25-12)20-15(10-23)9-19(24)27-21(20)13-2-5-16(22)6-3-13/h2-9,11H,1H3,(H2,24,27). The molecule has 6 heteroatoms. The molecule has 0 amide bonds. The molecule has 0 saturated carbocycles. The number of aryl methyl sites for hydroxylation is 1. The van der Waals surface area contributed by atoms with Crippen molar-refractivity contribution in [3.63, 3.8) is 0 Å². The van der Waals surface area contributed by atoms with Gasteiger partial charge in [0, 0.05) is 22.2 Å². The summed E-state index contributed by atoms with van der Waals surface area (Å²) >= 11 is 0. The summed E-state index contributed by atoms with van der Waals surface area (Å²) in [4.78, 5) is 12.9. The summed E-state index contributed by atoms with van der Waals surface area (Å²) in [6, 6.07) is 15.4. The number of halogens is 1. The number of pyridine rings is 1. The molecule has 0 aliphatic rings. The highest BCUT2D eigenvalue weighted by Gasteiger charge is 2.17. The van der Waals surface area contributed by atoms with E-state index in [1.165, 1.54) is 18.5 Å². The van der Waals surface area contributed by atoms with Crippen molar-refractivity contribution in [3.05, 3.63) is 71.9 Å². The van der Waals surface area contributed by atoms with Crippen LogP contribution in [0.1, 0.15) is 11.3 Å². The number of nitrogen functional groups attached to an aromatic ring is 1. The van der Waals surface area contributed by atoms with E-state index in [4.69, 9.17) is 5.73 Å². The Morgan fingerprint density at radius 2 is 1.74 bits per heavy atom. The number of aromatic nitrogens is 3. The van der Waals surface area contributed by atoms with Crippen LogP contribution in [0.3, 0.4) is 0 Å². The van der Waals surface area contributed by atoms with E-state index in [9.17, 15) is 9.65 Å². The number of anilines is 1. The predicted molar refractivity (Wildman–Crippen MR) is 102 cm³/mol. The van der Waals surface area contributed by atoms with E-state index >= 15 is 0 Å². The molecule has 0 atom stereocenters. The predicted octanol–water partition coefficient (Wildman–Crippen LogP) is 4.26. The monoisotopic (exact) mass is 355 g/mol. The van der Waals surface area contributed by atoms with Crippen LogP contribution in [0.5, 0.6) is 0 Å². The maximum absolute atomic E-state index is 13.4. The maximum atomic E-state index is 13.4. The van der Waals surface area contributed by atoms with Crippen molar-refractivity contribution in [3.8, 4) is 28.5 Å². The Balaban J connectivity index is 2.03. The quantitative estimate of drug-likeness (QED) is 0.580. The van der Waals surface area contributed by atoms with Crippen LogP contribution in [0.25, 0.3) is 33.3 Å². The van der Waals surface area contributed by atoms with Crippen molar-refractivity contribution in [2.45, 2.75) is 6.92 Å². The van der Waals surface area contributed by atoms with Crippen LogP contribution in [-0.4, -0.2) is 15.0 Å². The Bertz CT molecular complexity index is 1210. The Labute approximate surface area is 155 Å². The van der Waals surface area contributed by atoms with Gasteiger partial charge in [-0.15, -0.1) is 0 Å². The zero-order chi connectivity index (χ0) is 19.0. The van der Waals surface area contributed by atoms with Crippen LogP contribution >= 0.6 is 0 Å². The van der Waals surface area contributed by atoms with E-state index in [0.717, 1.165) is 22.2 Å². The third kappa shape index (κ3) is 2.96. The van der Waals surface area contributed by atoms with Gasteiger partial charge in [0.1, 0.15) is 18.0 Å². The van der Waals surface area contributed by atoms with E-state index < -0.39 is 0 Å². The fourth-order valence-electron chi connectivity index (χ4n) is 3.10. The Kier molecular flexibility index (Phi) is 3.98. The van der Waals surface area contributed by atoms with E-state index in [1.807, 2.05) is 25.1 Å². The molecule has 0 spiro atoms. The average Bonchev–Trinajstić information content (AvgIpc) is 2.68. The molecular weight excluding hydrogens is 341 g/mol. The molecule has 0 aliphatic heterocycles.